The highest BCUT2D eigenvalue weighted by molar-refractivity contribution is 6.01. The van der Waals surface area contributed by atoms with E-state index in [1.165, 1.54) is 19.2 Å². The molecule has 39 heavy (non-hydrogen) atoms. The monoisotopic (exact) mass is 513 g/mol. The maximum absolute atomic E-state index is 14.1. The Morgan fingerprint density at radius 3 is 2.44 bits per heavy atom. The normalized spacial score (nSPS) is 10.8. The van der Waals surface area contributed by atoms with E-state index in [9.17, 15) is 4.39 Å². The van der Waals surface area contributed by atoms with Crippen LogP contribution in [-0.2, 0) is 0 Å². The number of hydrogen-bond acceptors (Lipinski definition) is 7. The zero-order valence-electron chi connectivity index (χ0n) is 20.7. The largest absolute Gasteiger partial charge is 0.496 e. The smallest absolute Gasteiger partial charge is 0.161 e. The fourth-order valence-corrected chi connectivity index (χ4v) is 4.41. The third-order valence-corrected chi connectivity index (χ3v) is 6.28. The summed E-state index contributed by atoms with van der Waals surface area (Å²) in [5, 5.41) is 23.8. The number of hydrogen-bond donors (Lipinski definition) is 1. The van der Waals surface area contributed by atoms with Gasteiger partial charge in [0.25, 0.3) is 0 Å². The van der Waals surface area contributed by atoms with Crippen molar-refractivity contribution in [3.8, 4) is 34.6 Å². The number of pyridine rings is 1. The van der Waals surface area contributed by atoms with E-state index in [1.807, 2.05) is 54.6 Å². The summed E-state index contributed by atoms with van der Waals surface area (Å²) in [4.78, 5) is 4.34. The van der Waals surface area contributed by atoms with Crippen LogP contribution in [0.15, 0.2) is 97.2 Å². The van der Waals surface area contributed by atoms with Crippen LogP contribution in [0.1, 0.15) is 5.56 Å². The highest BCUT2D eigenvalue weighted by atomic mass is 19.1. The van der Waals surface area contributed by atoms with E-state index in [1.54, 1.807) is 30.5 Å². The van der Waals surface area contributed by atoms with Crippen molar-refractivity contribution in [2.24, 2.45) is 0 Å². The second-order valence-electron chi connectivity index (χ2n) is 8.69. The van der Waals surface area contributed by atoms with E-state index in [2.05, 4.69) is 26.6 Å². The molecule has 188 valence electrons. The summed E-state index contributed by atoms with van der Waals surface area (Å²) in [6.45, 7) is 0. The minimum atomic E-state index is -0.382. The van der Waals surface area contributed by atoms with Crippen molar-refractivity contribution in [3.05, 3.63) is 109 Å². The van der Waals surface area contributed by atoms with Crippen LogP contribution in [0.2, 0.25) is 0 Å². The van der Waals surface area contributed by atoms with Crippen molar-refractivity contribution in [2.75, 3.05) is 12.4 Å². The minimum absolute atomic E-state index is 0.382. The van der Waals surface area contributed by atoms with Crippen molar-refractivity contribution in [2.45, 2.75) is 0 Å². The number of fused-ring (bicyclic) bond motifs is 2. The van der Waals surface area contributed by atoms with Gasteiger partial charge in [-0.15, -0.1) is 10.2 Å². The molecule has 0 atom stereocenters. The number of benzene rings is 4. The van der Waals surface area contributed by atoms with Gasteiger partial charge >= 0.3 is 0 Å². The molecule has 1 N–H and O–H groups in total. The number of anilines is 2. The van der Waals surface area contributed by atoms with E-state index >= 15 is 0 Å². The Labute approximate surface area is 223 Å². The summed E-state index contributed by atoms with van der Waals surface area (Å²) < 4.78 is 25.6. The molecule has 0 aliphatic heterocycles. The number of aromatic nitrogens is 3. The van der Waals surface area contributed by atoms with Gasteiger partial charge in [0.1, 0.15) is 28.8 Å². The number of nitrogens with zero attached hydrogens (tertiary/aromatic N) is 4. The van der Waals surface area contributed by atoms with E-state index in [4.69, 9.17) is 14.7 Å². The predicted octanol–water partition coefficient (Wildman–Crippen LogP) is 7.40. The topological polar surface area (TPSA) is 93.0 Å². The van der Waals surface area contributed by atoms with Gasteiger partial charge in [0, 0.05) is 33.6 Å². The van der Waals surface area contributed by atoms with Crippen molar-refractivity contribution in [3.63, 3.8) is 0 Å². The third-order valence-electron chi connectivity index (χ3n) is 6.28. The number of nitrogens with one attached hydrogen (secondary N) is 1. The van der Waals surface area contributed by atoms with Crippen LogP contribution in [0.4, 0.5) is 15.9 Å². The molecular weight excluding hydrogens is 493 g/mol. The molecule has 0 saturated carbocycles. The van der Waals surface area contributed by atoms with Crippen molar-refractivity contribution < 1.29 is 13.9 Å². The Balaban J connectivity index is 1.29. The second kappa shape index (κ2) is 10.1. The Bertz CT molecular complexity index is 1880. The minimum Gasteiger partial charge on any atom is -0.496 e. The Morgan fingerprint density at radius 2 is 1.64 bits per heavy atom. The first-order valence-corrected chi connectivity index (χ1v) is 12.1. The third kappa shape index (κ3) is 4.65. The average Bonchev–Trinajstić information content (AvgIpc) is 2.98. The molecule has 0 unspecified atom stereocenters. The molecule has 0 radical (unpaired) electrons. The van der Waals surface area contributed by atoms with E-state index in [0.29, 0.717) is 45.4 Å². The van der Waals surface area contributed by atoms with Crippen LogP contribution >= 0.6 is 0 Å². The molecule has 0 amide bonds. The van der Waals surface area contributed by atoms with Gasteiger partial charge in [-0.1, -0.05) is 24.3 Å². The van der Waals surface area contributed by atoms with Crippen LogP contribution in [0.25, 0.3) is 32.9 Å². The zero-order chi connectivity index (χ0) is 26.8. The van der Waals surface area contributed by atoms with Crippen molar-refractivity contribution >= 4 is 33.2 Å². The number of rotatable bonds is 6. The summed E-state index contributed by atoms with van der Waals surface area (Å²) in [7, 11) is 1.54. The Hall–Kier alpha value is -5.55. The molecule has 6 aromatic rings. The lowest BCUT2D eigenvalue weighted by atomic mass is 10.0. The Morgan fingerprint density at radius 1 is 0.821 bits per heavy atom. The van der Waals surface area contributed by atoms with E-state index < -0.39 is 0 Å². The van der Waals surface area contributed by atoms with E-state index in [-0.39, 0.29) is 5.82 Å². The van der Waals surface area contributed by atoms with Gasteiger partial charge in [-0.2, -0.15) is 5.26 Å². The van der Waals surface area contributed by atoms with Crippen LogP contribution in [-0.4, -0.2) is 22.3 Å². The molecule has 0 bridgehead atoms. The molecule has 2 aromatic heterocycles. The molecule has 8 heteroatoms. The average molecular weight is 514 g/mol. The van der Waals surface area contributed by atoms with Gasteiger partial charge in [0.05, 0.1) is 24.3 Å². The molecule has 7 nitrogen and oxygen atoms in total. The summed E-state index contributed by atoms with van der Waals surface area (Å²) in [5.74, 6) is 1.98. The Kier molecular flexibility index (Phi) is 6.15. The lowest BCUT2D eigenvalue weighted by Gasteiger charge is -2.14. The summed E-state index contributed by atoms with van der Waals surface area (Å²) >= 11 is 0. The molecule has 6 rings (SSSR count). The lowest BCUT2D eigenvalue weighted by Crippen LogP contribution is -2.00. The highest BCUT2D eigenvalue weighted by Gasteiger charge is 2.16. The standard InChI is InChI=1S/C31H20FN5O2/c1-38-28-13-7-20(32)17-26(28)30-23-4-2-3-5-24(23)31(37-36-30)35-21-8-10-22(11-9-21)39-29-14-15-34-27-16-19(18-33)6-12-25(27)29/h2-17H,1H3,(H,35,37). The molecular formula is C31H20FN5O2. The summed E-state index contributed by atoms with van der Waals surface area (Å²) in [5.41, 5.74) is 3.08. The van der Waals surface area contributed by atoms with Gasteiger partial charge in [-0.05, 0) is 66.7 Å². The lowest BCUT2D eigenvalue weighted by molar-refractivity contribution is 0.415. The fraction of sp³-hybridized carbons (Fsp3) is 0.0323. The zero-order valence-corrected chi connectivity index (χ0v) is 20.7. The van der Waals surface area contributed by atoms with Gasteiger partial charge in [-0.25, -0.2) is 4.39 Å². The first-order valence-electron chi connectivity index (χ1n) is 12.1. The second-order valence-corrected chi connectivity index (χ2v) is 8.69. The maximum Gasteiger partial charge on any atom is 0.161 e. The van der Waals surface area contributed by atoms with Crippen LogP contribution in [0, 0.1) is 17.1 Å². The van der Waals surface area contributed by atoms with Gasteiger partial charge in [0.2, 0.25) is 0 Å². The van der Waals surface area contributed by atoms with Gasteiger partial charge < -0.3 is 14.8 Å². The number of methoxy groups -OCH3 is 1. The molecule has 0 aliphatic carbocycles. The highest BCUT2D eigenvalue weighted by Crippen LogP contribution is 2.36. The van der Waals surface area contributed by atoms with Crippen LogP contribution in [0.3, 0.4) is 0 Å². The van der Waals surface area contributed by atoms with Crippen LogP contribution in [0.5, 0.6) is 17.2 Å². The number of ether oxygens (including phenoxy) is 2. The molecule has 0 aliphatic rings. The number of halogens is 1. The SMILES string of the molecule is COc1ccc(F)cc1-c1nnc(Nc2ccc(Oc3ccnc4cc(C#N)ccc34)cc2)c2ccccc12. The van der Waals surface area contributed by atoms with Gasteiger partial charge in [0.15, 0.2) is 5.82 Å². The molecule has 2 heterocycles. The molecule has 0 spiro atoms. The summed E-state index contributed by atoms with van der Waals surface area (Å²) in [6, 6.07) is 28.7. The van der Waals surface area contributed by atoms with Crippen LogP contribution < -0.4 is 14.8 Å². The van der Waals surface area contributed by atoms with Gasteiger partial charge in [-0.3, -0.25) is 4.98 Å². The quantitative estimate of drug-likeness (QED) is 0.248. The fourth-order valence-electron chi connectivity index (χ4n) is 4.41. The maximum atomic E-state index is 14.1. The molecule has 0 fully saturated rings. The first kappa shape index (κ1) is 23.8. The number of nitriles is 1. The first-order chi connectivity index (χ1) is 19.1. The summed E-state index contributed by atoms with van der Waals surface area (Å²) in [6.07, 6.45) is 1.65. The van der Waals surface area contributed by atoms with E-state index in [0.717, 1.165) is 21.8 Å². The molecule has 0 saturated heterocycles. The molecule has 4 aromatic carbocycles. The van der Waals surface area contributed by atoms with Crippen molar-refractivity contribution in [1.82, 2.24) is 15.2 Å². The van der Waals surface area contributed by atoms with Crippen molar-refractivity contribution in [1.29, 1.82) is 5.26 Å². The predicted molar refractivity (Wildman–Crippen MR) is 148 cm³/mol.